The fourth-order valence-electron chi connectivity index (χ4n) is 2.61. The topological polar surface area (TPSA) is 56.8 Å². The van der Waals surface area contributed by atoms with Gasteiger partial charge in [-0.2, -0.15) is 0 Å². The van der Waals surface area contributed by atoms with Gasteiger partial charge in [-0.15, -0.1) is 0 Å². The molecule has 0 spiro atoms. The maximum Gasteiger partial charge on any atom is 0.342 e. The molecule has 0 amide bonds. The number of allylic oxidation sites excluding steroid dienone is 1. The quantitative estimate of drug-likeness (QED) is 0.335. The lowest BCUT2D eigenvalue weighted by molar-refractivity contribution is -0.134. The third-order valence-corrected chi connectivity index (χ3v) is 4.66. The standard InChI is InChI=1S/C21H21NO4S/c1-15-19(17-11-7-4-8-12-17)26-21(22-15)27-14-25-20(23)18(13-24-2)16-9-5-3-6-10-16/h3-13,21-22H,14H2,1-2H3. The van der Waals surface area contributed by atoms with E-state index in [0.717, 1.165) is 22.6 Å². The van der Waals surface area contributed by atoms with Gasteiger partial charge in [0.05, 0.1) is 19.1 Å². The molecule has 0 radical (unpaired) electrons. The van der Waals surface area contributed by atoms with Crippen molar-refractivity contribution in [2.45, 2.75) is 12.5 Å². The van der Waals surface area contributed by atoms with Gasteiger partial charge in [0.15, 0.2) is 0 Å². The molecule has 2 aromatic rings. The SMILES string of the molecule is COC=C(C(=O)OCSC1NC(C)=C(c2ccccc2)O1)c1ccccc1. The molecule has 0 saturated carbocycles. The summed E-state index contributed by atoms with van der Waals surface area (Å²) < 4.78 is 16.3. The van der Waals surface area contributed by atoms with Crippen LogP contribution in [0.3, 0.4) is 0 Å². The van der Waals surface area contributed by atoms with Crippen molar-refractivity contribution in [3.8, 4) is 0 Å². The number of nitrogens with one attached hydrogen (secondary N) is 1. The molecule has 0 bridgehead atoms. The molecule has 1 aliphatic rings. The van der Waals surface area contributed by atoms with E-state index in [1.807, 2.05) is 67.6 Å². The van der Waals surface area contributed by atoms with Crippen molar-refractivity contribution in [3.05, 3.63) is 83.7 Å². The molecule has 140 valence electrons. The number of rotatable bonds is 7. The molecule has 0 fully saturated rings. The second-order valence-electron chi connectivity index (χ2n) is 5.76. The van der Waals surface area contributed by atoms with Crippen LogP contribution in [-0.4, -0.2) is 24.6 Å². The molecule has 0 saturated heterocycles. The Morgan fingerprint density at radius 1 is 1.15 bits per heavy atom. The highest BCUT2D eigenvalue weighted by atomic mass is 32.2. The van der Waals surface area contributed by atoms with Crippen molar-refractivity contribution >= 4 is 29.1 Å². The normalized spacial score (nSPS) is 16.5. The van der Waals surface area contributed by atoms with E-state index in [4.69, 9.17) is 14.2 Å². The fraction of sp³-hybridized carbons (Fsp3) is 0.190. The number of hydrogen-bond acceptors (Lipinski definition) is 6. The number of carbonyl (C=O) groups is 1. The van der Waals surface area contributed by atoms with Crippen LogP contribution < -0.4 is 5.32 Å². The van der Waals surface area contributed by atoms with Crippen LogP contribution in [0.2, 0.25) is 0 Å². The summed E-state index contributed by atoms with van der Waals surface area (Å²) in [6.45, 7) is 1.96. The minimum absolute atomic E-state index is 0.153. The first-order valence-electron chi connectivity index (χ1n) is 8.45. The largest absolute Gasteiger partial charge is 0.503 e. The van der Waals surface area contributed by atoms with Gasteiger partial charge in [0, 0.05) is 5.56 Å². The Balaban J connectivity index is 1.53. The van der Waals surface area contributed by atoms with Crippen LogP contribution in [0, 0.1) is 0 Å². The predicted molar refractivity (Wildman–Crippen MR) is 107 cm³/mol. The molecule has 0 aliphatic carbocycles. The summed E-state index contributed by atoms with van der Waals surface area (Å²) in [6, 6.07) is 19.2. The molecule has 1 aliphatic heterocycles. The molecule has 1 N–H and O–H groups in total. The lowest BCUT2D eigenvalue weighted by Gasteiger charge is -2.13. The molecule has 1 unspecified atom stereocenters. The first-order valence-corrected chi connectivity index (χ1v) is 9.50. The van der Waals surface area contributed by atoms with Crippen molar-refractivity contribution in [2.24, 2.45) is 0 Å². The number of carbonyl (C=O) groups excluding carboxylic acids is 1. The van der Waals surface area contributed by atoms with E-state index in [1.165, 1.54) is 25.1 Å². The summed E-state index contributed by atoms with van der Waals surface area (Å²) in [7, 11) is 1.50. The highest BCUT2D eigenvalue weighted by Gasteiger charge is 2.24. The molecular weight excluding hydrogens is 362 g/mol. The van der Waals surface area contributed by atoms with E-state index < -0.39 is 5.97 Å². The first kappa shape index (κ1) is 18.9. The zero-order valence-electron chi connectivity index (χ0n) is 15.2. The number of hydrogen-bond donors (Lipinski definition) is 1. The van der Waals surface area contributed by atoms with E-state index in [1.54, 1.807) is 0 Å². The van der Waals surface area contributed by atoms with Crippen LogP contribution in [0.4, 0.5) is 0 Å². The molecule has 2 aromatic carbocycles. The summed E-state index contributed by atoms with van der Waals surface area (Å²) in [5, 5.41) is 3.25. The summed E-state index contributed by atoms with van der Waals surface area (Å²) >= 11 is 1.36. The highest BCUT2D eigenvalue weighted by molar-refractivity contribution is 7.99. The Hall–Kier alpha value is -2.86. The lowest BCUT2D eigenvalue weighted by atomic mass is 10.1. The van der Waals surface area contributed by atoms with Crippen molar-refractivity contribution in [1.82, 2.24) is 5.32 Å². The fourth-order valence-corrected chi connectivity index (χ4v) is 3.34. The molecule has 3 rings (SSSR count). The maximum atomic E-state index is 12.4. The summed E-state index contributed by atoms with van der Waals surface area (Å²) in [6.07, 6.45) is 1.39. The number of ether oxygens (including phenoxy) is 3. The second kappa shape index (κ2) is 9.19. The molecular formula is C21H21NO4S. The molecule has 5 nitrogen and oxygen atoms in total. The minimum atomic E-state index is -0.443. The average molecular weight is 383 g/mol. The van der Waals surface area contributed by atoms with Crippen LogP contribution in [0.15, 0.2) is 72.6 Å². The van der Waals surface area contributed by atoms with Gasteiger partial charge in [-0.25, -0.2) is 4.79 Å². The third-order valence-electron chi connectivity index (χ3n) is 3.89. The van der Waals surface area contributed by atoms with Crippen LogP contribution in [0.1, 0.15) is 18.1 Å². The third kappa shape index (κ3) is 4.86. The van der Waals surface area contributed by atoms with Crippen molar-refractivity contribution in [1.29, 1.82) is 0 Å². The zero-order chi connectivity index (χ0) is 19.1. The van der Waals surface area contributed by atoms with Crippen molar-refractivity contribution in [3.63, 3.8) is 0 Å². The van der Waals surface area contributed by atoms with E-state index >= 15 is 0 Å². The maximum absolute atomic E-state index is 12.4. The Bertz CT molecular complexity index is 834. The van der Waals surface area contributed by atoms with Crippen LogP contribution in [0.25, 0.3) is 11.3 Å². The Labute approximate surface area is 163 Å². The summed E-state index contributed by atoms with van der Waals surface area (Å²) in [5.41, 5.74) is 2.78. The monoisotopic (exact) mass is 383 g/mol. The second-order valence-corrected chi connectivity index (χ2v) is 6.76. The van der Waals surface area contributed by atoms with Crippen LogP contribution in [0.5, 0.6) is 0 Å². The molecule has 1 atom stereocenters. The zero-order valence-corrected chi connectivity index (χ0v) is 16.0. The molecule has 27 heavy (non-hydrogen) atoms. The average Bonchev–Trinajstić information content (AvgIpc) is 3.08. The van der Waals surface area contributed by atoms with Crippen molar-refractivity contribution in [2.75, 3.05) is 13.0 Å². The number of methoxy groups -OCH3 is 1. The van der Waals surface area contributed by atoms with Gasteiger partial charge in [-0.1, -0.05) is 72.4 Å². The smallest absolute Gasteiger partial charge is 0.342 e. The lowest BCUT2D eigenvalue weighted by Crippen LogP contribution is -2.20. The molecule has 1 heterocycles. The van der Waals surface area contributed by atoms with E-state index in [2.05, 4.69) is 5.32 Å². The Morgan fingerprint density at radius 3 is 2.48 bits per heavy atom. The summed E-state index contributed by atoms with van der Waals surface area (Å²) in [4.78, 5) is 12.4. The van der Waals surface area contributed by atoms with Crippen LogP contribution in [-0.2, 0) is 19.0 Å². The number of benzene rings is 2. The van der Waals surface area contributed by atoms with Gasteiger partial charge in [0.25, 0.3) is 0 Å². The van der Waals surface area contributed by atoms with Gasteiger partial charge in [-0.3, -0.25) is 0 Å². The number of thioether (sulfide) groups is 1. The van der Waals surface area contributed by atoms with Crippen LogP contribution >= 0.6 is 11.8 Å². The summed E-state index contributed by atoms with van der Waals surface area (Å²) in [5.74, 6) is 0.518. The highest BCUT2D eigenvalue weighted by Crippen LogP contribution is 2.30. The predicted octanol–water partition coefficient (Wildman–Crippen LogP) is 4.20. The van der Waals surface area contributed by atoms with E-state index in [9.17, 15) is 4.79 Å². The molecule has 6 heteroatoms. The van der Waals surface area contributed by atoms with E-state index in [-0.39, 0.29) is 11.5 Å². The van der Waals surface area contributed by atoms with Crippen molar-refractivity contribution < 1.29 is 19.0 Å². The van der Waals surface area contributed by atoms with Gasteiger partial charge in [-0.05, 0) is 12.5 Å². The van der Waals surface area contributed by atoms with Gasteiger partial charge >= 0.3 is 5.97 Å². The Kier molecular flexibility index (Phi) is 6.44. The minimum Gasteiger partial charge on any atom is -0.503 e. The van der Waals surface area contributed by atoms with E-state index in [0.29, 0.717) is 5.57 Å². The first-order chi connectivity index (χ1) is 13.2. The van der Waals surface area contributed by atoms with Gasteiger partial charge in [0.2, 0.25) is 5.56 Å². The Morgan fingerprint density at radius 2 is 1.81 bits per heavy atom. The van der Waals surface area contributed by atoms with Gasteiger partial charge in [0.1, 0.15) is 17.3 Å². The molecule has 0 aromatic heterocycles. The number of esters is 1. The van der Waals surface area contributed by atoms with Gasteiger partial charge < -0.3 is 19.5 Å².